The first-order valence-corrected chi connectivity index (χ1v) is 7.85. The highest BCUT2D eigenvalue weighted by Gasteiger charge is 2.01. The van der Waals surface area contributed by atoms with Crippen LogP contribution in [0.3, 0.4) is 0 Å². The number of ether oxygens (including phenoxy) is 2. The third kappa shape index (κ3) is 7.50. The van der Waals surface area contributed by atoms with E-state index >= 15 is 0 Å². The molecule has 0 bridgehead atoms. The van der Waals surface area contributed by atoms with E-state index in [4.69, 9.17) is 9.47 Å². The quantitative estimate of drug-likeness (QED) is 0.347. The molecule has 1 aromatic rings. The minimum absolute atomic E-state index is 0.598. The molecule has 0 saturated heterocycles. The Morgan fingerprint density at radius 2 is 1.87 bits per heavy atom. The second-order valence-electron chi connectivity index (χ2n) is 5.23. The molecule has 23 heavy (non-hydrogen) atoms. The molecule has 1 rings (SSSR count). The van der Waals surface area contributed by atoms with Crippen LogP contribution in [0.2, 0.25) is 0 Å². The highest BCUT2D eigenvalue weighted by atomic mass is 16.5. The molecule has 0 aliphatic rings. The van der Waals surface area contributed by atoms with Gasteiger partial charge < -0.3 is 14.3 Å². The van der Waals surface area contributed by atoms with E-state index in [-0.39, 0.29) is 0 Å². The molecule has 124 valence electrons. The zero-order valence-corrected chi connectivity index (χ0v) is 14.2. The number of hydrogen-bond acceptors (Lipinski definition) is 3. The molecule has 0 unspecified atom stereocenters. The number of unbranched alkanes of at least 4 members (excludes halogenated alkanes) is 1. The summed E-state index contributed by atoms with van der Waals surface area (Å²) < 4.78 is 10.6. The molecule has 0 fully saturated rings. The van der Waals surface area contributed by atoms with Gasteiger partial charge >= 0.3 is 0 Å². The average molecular weight is 314 g/mol. The number of carbonyl (C=O) groups excluding carboxylic acids is 1. The summed E-state index contributed by atoms with van der Waals surface area (Å²) in [5.41, 5.74) is 2.24. The molecule has 0 heterocycles. The molecule has 0 radical (unpaired) electrons. The summed E-state index contributed by atoms with van der Waals surface area (Å²) in [5.74, 6) is 1.66. The molecular formula is C20H26O3. The van der Waals surface area contributed by atoms with Crippen molar-refractivity contribution in [2.24, 2.45) is 0 Å². The number of benzene rings is 1. The van der Waals surface area contributed by atoms with Crippen molar-refractivity contribution in [2.45, 2.75) is 32.6 Å². The van der Waals surface area contributed by atoms with Gasteiger partial charge in [0.25, 0.3) is 0 Å². The van der Waals surface area contributed by atoms with Gasteiger partial charge in [0.1, 0.15) is 17.8 Å². The minimum atomic E-state index is 0.598. The van der Waals surface area contributed by atoms with Crippen molar-refractivity contribution in [1.82, 2.24) is 0 Å². The Morgan fingerprint density at radius 3 is 2.57 bits per heavy atom. The topological polar surface area (TPSA) is 35.5 Å². The van der Waals surface area contributed by atoms with Crippen LogP contribution < -0.4 is 9.47 Å². The van der Waals surface area contributed by atoms with Crippen LogP contribution in [0.1, 0.15) is 38.2 Å². The molecule has 0 spiro atoms. The Kier molecular flexibility index (Phi) is 9.22. The van der Waals surface area contributed by atoms with Crippen molar-refractivity contribution in [3.8, 4) is 11.5 Å². The fourth-order valence-electron chi connectivity index (χ4n) is 2.07. The Labute approximate surface area is 139 Å². The lowest BCUT2D eigenvalue weighted by Crippen LogP contribution is -1.89. The predicted molar refractivity (Wildman–Crippen MR) is 96.0 cm³/mol. The van der Waals surface area contributed by atoms with Gasteiger partial charge in [0.15, 0.2) is 0 Å². The van der Waals surface area contributed by atoms with Gasteiger partial charge in [-0.15, -0.1) is 0 Å². The van der Waals surface area contributed by atoms with Crippen molar-refractivity contribution in [2.75, 3.05) is 14.2 Å². The van der Waals surface area contributed by atoms with Crippen LogP contribution in [-0.4, -0.2) is 20.5 Å². The molecular weight excluding hydrogens is 288 g/mol. The summed E-state index contributed by atoms with van der Waals surface area (Å²) in [6, 6.07) is 5.76. The van der Waals surface area contributed by atoms with Crippen LogP contribution in [0.4, 0.5) is 0 Å². The van der Waals surface area contributed by atoms with Crippen molar-refractivity contribution < 1.29 is 14.3 Å². The molecule has 0 aliphatic carbocycles. The number of aldehydes is 1. The van der Waals surface area contributed by atoms with Crippen molar-refractivity contribution in [3.63, 3.8) is 0 Å². The number of allylic oxidation sites excluding steroid dienone is 5. The highest BCUT2D eigenvalue weighted by molar-refractivity contribution is 5.59. The Morgan fingerprint density at radius 1 is 1.09 bits per heavy atom. The standard InChI is InChI=1S/C20H26O3/c1-17(11-9-15-21)10-7-5-4-6-8-12-18-16-19(22-2)13-14-20(18)23-3/h5,7-8,10,12-16H,4,6,9,11H2,1-3H3. The van der Waals surface area contributed by atoms with Crippen LogP contribution in [0, 0.1) is 0 Å². The van der Waals surface area contributed by atoms with Gasteiger partial charge in [-0.3, -0.25) is 0 Å². The van der Waals surface area contributed by atoms with E-state index in [1.54, 1.807) is 14.2 Å². The Hall–Kier alpha value is -2.29. The first-order chi connectivity index (χ1) is 11.2. The normalized spacial score (nSPS) is 12.0. The van der Waals surface area contributed by atoms with Crippen molar-refractivity contribution in [1.29, 1.82) is 0 Å². The molecule has 1 aromatic carbocycles. The molecule has 3 heteroatoms. The van der Waals surface area contributed by atoms with Crippen molar-refractivity contribution in [3.05, 3.63) is 53.6 Å². The highest BCUT2D eigenvalue weighted by Crippen LogP contribution is 2.25. The predicted octanol–water partition coefficient (Wildman–Crippen LogP) is 4.98. The van der Waals surface area contributed by atoms with Gasteiger partial charge in [-0.25, -0.2) is 0 Å². The lowest BCUT2D eigenvalue weighted by atomic mass is 10.1. The van der Waals surface area contributed by atoms with Crippen LogP contribution in [0.25, 0.3) is 6.08 Å². The van der Waals surface area contributed by atoms with Gasteiger partial charge in [0, 0.05) is 12.0 Å². The monoisotopic (exact) mass is 314 g/mol. The summed E-state index contributed by atoms with van der Waals surface area (Å²) in [6.45, 7) is 2.04. The molecule has 3 nitrogen and oxygen atoms in total. The molecule has 0 N–H and O–H groups in total. The molecule has 0 saturated carbocycles. The summed E-state index contributed by atoms with van der Waals surface area (Å²) in [4.78, 5) is 10.3. The second-order valence-corrected chi connectivity index (χ2v) is 5.23. The van der Waals surface area contributed by atoms with Gasteiger partial charge in [-0.05, 0) is 44.4 Å². The van der Waals surface area contributed by atoms with E-state index < -0.39 is 0 Å². The van der Waals surface area contributed by atoms with Crippen molar-refractivity contribution >= 4 is 12.4 Å². The average Bonchev–Trinajstić information content (AvgIpc) is 2.58. The maximum Gasteiger partial charge on any atom is 0.126 e. The number of methoxy groups -OCH3 is 2. The zero-order chi connectivity index (χ0) is 16.9. The van der Waals surface area contributed by atoms with E-state index in [0.29, 0.717) is 6.42 Å². The maximum atomic E-state index is 10.3. The Balaban J connectivity index is 2.46. The lowest BCUT2D eigenvalue weighted by Gasteiger charge is -2.06. The first-order valence-electron chi connectivity index (χ1n) is 7.85. The first kappa shape index (κ1) is 18.8. The van der Waals surface area contributed by atoms with E-state index in [0.717, 1.165) is 42.6 Å². The molecule has 0 aromatic heterocycles. The van der Waals surface area contributed by atoms with Crippen LogP contribution in [-0.2, 0) is 4.79 Å². The van der Waals surface area contributed by atoms with E-state index in [1.165, 1.54) is 5.57 Å². The molecule has 0 amide bonds. The maximum absolute atomic E-state index is 10.3. The number of rotatable bonds is 10. The van der Waals surface area contributed by atoms with E-state index in [1.807, 2.05) is 25.1 Å². The number of carbonyl (C=O) groups is 1. The van der Waals surface area contributed by atoms with Crippen LogP contribution >= 0.6 is 0 Å². The van der Waals surface area contributed by atoms with E-state index in [9.17, 15) is 4.79 Å². The third-order valence-corrected chi connectivity index (χ3v) is 3.41. The summed E-state index contributed by atoms with van der Waals surface area (Å²) in [5, 5.41) is 0. The summed E-state index contributed by atoms with van der Waals surface area (Å²) in [6.07, 6.45) is 14.8. The lowest BCUT2D eigenvalue weighted by molar-refractivity contribution is -0.107. The largest absolute Gasteiger partial charge is 0.497 e. The third-order valence-electron chi connectivity index (χ3n) is 3.41. The van der Waals surface area contributed by atoms with Gasteiger partial charge in [0.2, 0.25) is 0 Å². The summed E-state index contributed by atoms with van der Waals surface area (Å²) in [7, 11) is 3.33. The van der Waals surface area contributed by atoms with Gasteiger partial charge in [0.05, 0.1) is 14.2 Å². The fourth-order valence-corrected chi connectivity index (χ4v) is 2.07. The zero-order valence-electron chi connectivity index (χ0n) is 14.2. The smallest absolute Gasteiger partial charge is 0.126 e. The Bertz CT molecular complexity index is 568. The summed E-state index contributed by atoms with van der Waals surface area (Å²) >= 11 is 0. The number of hydrogen-bond donors (Lipinski definition) is 0. The van der Waals surface area contributed by atoms with E-state index in [2.05, 4.69) is 30.4 Å². The van der Waals surface area contributed by atoms with Crippen LogP contribution in [0.5, 0.6) is 11.5 Å². The SMILES string of the molecule is COc1ccc(OC)c(C=CCCC=CC=C(C)CCC=O)c1. The minimum Gasteiger partial charge on any atom is -0.497 e. The second kappa shape index (κ2) is 11.3. The molecule has 0 aliphatic heterocycles. The fraction of sp³-hybridized carbons (Fsp3) is 0.350. The molecule has 0 atom stereocenters. The van der Waals surface area contributed by atoms with Gasteiger partial charge in [-0.2, -0.15) is 0 Å². The van der Waals surface area contributed by atoms with Gasteiger partial charge in [-0.1, -0.05) is 36.0 Å². The van der Waals surface area contributed by atoms with Crippen LogP contribution in [0.15, 0.2) is 48.1 Å².